The van der Waals surface area contributed by atoms with E-state index >= 15 is 0 Å². The van der Waals surface area contributed by atoms with Crippen molar-refractivity contribution in [1.29, 1.82) is 0 Å². The SMILES string of the molecule is CCCN(C/C=C/C(=O)OCC)C(C)C. The third-order valence-corrected chi connectivity index (χ3v) is 2.12. The number of esters is 1. The minimum absolute atomic E-state index is 0.252. The molecule has 0 unspecified atom stereocenters. The van der Waals surface area contributed by atoms with E-state index in [1.54, 1.807) is 0 Å². The van der Waals surface area contributed by atoms with Crippen LogP contribution in [-0.2, 0) is 9.53 Å². The van der Waals surface area contributed by atoms with Crippen molar-refractivity contribution in [3.8, 4) is 0 Å². The van der Waals surface area contributed by atoms with Gasteiger partial charge in [-0.15, -0.1) is 0 Å². The second kappa shape index (κ2) is 8.48. The fourth-order valence-electron chi connectivity index (χ4n) is 1.32. The fraction of sp³-hybridized carbons (Fsp3) is 0.750. The van der Waals surface area contributed by atoms with Gasteiger partial charge in [0, 0.05) is 18.7 Å². The standard InChI is InChI=1S/C12H23NO2/c1-5-9-13(11(3)4)10-7-8-12(14)15-6-2/h7-8,11H,5-6,9-10H2,1-4H3/b8-7+. The van der Waals surface area contributed by atoms with Crippen LogP contribution < -0.4 is 0 Å². The zero-order chi connectivity index (χ0) is 11.7. The topological polar surface area (TPSA) is 29.5 Å². The van der Waals surface area contributed by atoms with Gasteiger partial charge in [0.05, 0.1) is 6.61 Å². The van der Waals surface area contributed by atoms with E-state index in [9.17, 15) is 4.79 Å². The van der Waals surface area contributed by atoms with Crippen molar-refractivity contribution >= 4 is 5.97 Å². The average molecular weight is 213 g/mol. The summed E-state index contributed by atoms with van der Waals surface area (Å²) in [5.74, 6) is -0.252. The third-order valence-electron chi connectivity index (χ3n) is 2.12. The monoisotopic (exact) mass is 213 g/mol. The molecule has 3 nitrogen and oxygen atoms in total. The molecule has 0 saturated heterocycles. The summed E-state index contributed by atoms with van der Waals surface area (Å²) in [4.78, 5) is 13.3. The molecule has 0 aliphatic heterocycles. The molecule has 0 aliphatic carbocycles. The van der Waals surface area contributed by atoms with E-state index < -0.39 is 0 Å². The summed E-state index contributed by atoms with van der Waals surface area (Å²) < 4.78 is 4.80. The molecule has 88 valence electrons. The number of rotatable bonds is 7. The Labute approximate surface area is 93.1 Å². The Morgan fingerprint density at radius 3 is 2.53 bits per heavy atom. The van der Waals surface area contributed by atoms with Crippen molar-refractivity contribution < 1.29 is 9.53 Å². The molecule has 0 N–H and O–H groups in total. The molecule has 0 spiro atoms. The van der Waals surface area contributed by atoms with Gasteiger partial charge in [0.15, 0.2) is 0 Å². The first-order valence-electron chi connectivity index (χ1n) is 5.69. The quantitative estimate of drug-likeness (QED) is 0.480. The van der Waals surface area contributed by atoms with E-state index in [2.05, 4.69) is 25.7 Å². The van der Waals surface area contributed by atoms with Crippen LogP contribution in [0.25, 0.3) is 0 Å². The molecule has 0 saturated carbocycles. The highest BCUT2D eigenvalue weighted by atomic mass is 16.5. The van der Waals surface area contributed by atoms with Crippen LogP contribution in [0.15, 0.2) is 12.2 Å². The molecule has 0 rings (SSSR count). The highest BCUT2D eigenvalue weighted by Gasteiger charge is 2.05. The van der Waals surface area contributed by atoms with Gasteiger partial charge in [-0.05, 0) is 33.7 Å². The number of carbonyl (C=O) groups is 1. The van der Waals surface area contributed by atoms with Gasteiger partial charge in [-0.1, -0.05) is 13.0 Å². The van der Waals surface area contributed by atoms with E-state index in [4.69, 9.17) is 4.74 Å². The Morgan fingerprint density at radius 1 is 1.40 bits per heavy atom. The van der Waals surface area contributed by atoms with Crippen LogP contribution >= 0.6 is 0 Å². The Balaban J connectivity index is 3.92. The maximum Gasteiger partial charge on any atom is 0.330 e. The predicted octanol–water partition coefficient (Wildman–Crippen LogP) is 2.23. The third kappa shape index (κ3) is 7.14. The normalized spacial score (nSPS) is 11.6. The highest BCUT2D eigenvalue weighted by molar-refractivity contribution is 5.81. The van der Waals surface area contributed by atoms with Gasteiger partial charge < -0.3 is 4.74 Å². The lowest BCUT2D eigenvalue weighted by Gasteiger charge is -2.24. The molecular weight excluding hydrogens is 190 g/mol. The molecule has 0 heterocycles. The summed E-state index contributed by atoms with van der Waals surface area (Å²) >= 11 is 0. The molecule has 15 heavy (non-hydrogen) atoms. The molecule has 0 fully saturated rings. The average Bonchev–Trinajstić information content (AvgIpc) is 2.16. The van der Waals surface area contributed by atoms with Crippen molar-refractivity contribution in [2.45, 2.75) is 40.2 Å². The van der Waals surface area contributed by atoms with E-state index in [-0.39, 0.29) is 5.97 Å². The van der Waals surface area contributed by atoms with Crippen molar-refractivity contribution in [2.24, 2.45) is 0 Å². The first-order chi connectivity index (χ1) is 7.11. The highest BCUT2D eigenvalue weighted by Crippen LogP contribution is 1.99. The molecule has 0 aromatic rings. The largest absolute Gasteiger partial charge is 0.463 e. The van der Waals surface area contributed by atoms with Gasteiger partial charge in [-0.3, -0.25) is 4.90 Å². The summed E-state index contributed by atoms with van der Waals surface area (Å²) in [6, 6.07) is 0.511. The smallest absolute Gasteiger partial charge is 0.330 e. The Morgan fingerprint density at radius 2 is 2.07 bits per heavy atom. The van der Waals surface area contributed by atoms with Crippen molar-refractivity contribution in [1.82, 2.24) is 4.90 Å². The number of carbonyl (C=O) groups excluding carboxylic acids is 1. The van der Waals surface area contributed by atoms with E-state index in [1.165, 1.54) is 6.08 Å². The molecule has 0 aromatic carbocycles. The van der Waals surface area contributed by atoms with Crippen LogP contribution in [0, 0.1) is 0 Å². The van der Waals surface area contributed by atoms with Crippen LogP contribution in [-0.4, -0.2) is 36.6 Å². The number of ether oxygens (including phenoxy) is 1. The molecule has 0 radical (unpaired) electrons. The second-order valence-electron chi connectivity index (χ2n) is 3.74. The maximum absolute atomic E-state index is 11.0. The Bertz CT molecular complexity index is 200. The molecule has 0 atom stereocenters. The van der Waals surface area contributed by atoms with Gasteiger partial charge in [-0.2, -0.15) is 0 Å². The zero-order valence-electron chi connectivity index (χ0n) is 10.3. The summed E-state index contributed by atoms with van der Waals surface area (Å²) in [6.45, 7) is 10.6. The van der Waals surface area contributed by atoms with E-state index in [0.717, 1.165) is 19.5 Å². The molecule has 3 heteroatoms. The van der Waals surface area contributed by atoms with Crippen LogP contribution in [0.2, 0.25) is 0 Å². The molecule has 0 aliphatic rings. The van der Waals surface area contributed by atoms with Gasteiger partial charge in [-0.25, -0.2) is 4.79 Å². The number of hydrogen-bond acceptors (Lipinski definition) is 3. The van der Waals surface area contributed by atoms with Gasteiger partial charge >= 0.3 is 5.97 Å². The Hall–Kier alpha value is -0.830. The zero-order valence-corrected chi connectivity index (χ0v) is 10.3. The van der Waals surface area contributed by atoms with Crippen molar-refractivity contribution in [2.75, 3.05) is 19.7 Å². The van der Waals surface area contributed by atoms with Gasteiger partial charge in [0.25, 0.3) is 0 Å². The Kier molecular flexibility index (Phi) is 8.01. The van der Waals surface area contributed by atoms with E-state index in [0.29, 0.717) is 12.6 Å². The maximum atomic E-state index is 11.0. The molecule has 0 bridgehead atoms. The first-order valence-corrected chi connectivity index (χ1v) is 5.69. The minimum atomic E-state index is -0.252. The van der Waals surface area contributed by atoms with Gasteiger partial charge in [0.1, 0.15) is 0 Å². The lowest BCUT2D eigenvalue weighted by atomic mass is 10.3. The first kappa shape index (κ1) is 14.2. The summed E-state index contributed by atoms with van der Waals surface area (Å²) in [6.07, 6.45) is 4.51. The van der Waals surface area contributed by atoms with Crippen LogP contribution in [0.4, 0.5) is 0 Å². The summed E-state index contributed by atoms with van der Waals surface area (Å²) in [7, 11) is 0. The van der Waals surface area contributed by atoms with Crippen molar-refractivity contribution in [3.05, 3.63) is 12.2 Å². The number of nitrogens with zero attached hydrogens (tertiary/aromatic N) is 1. The summed E-state index contributed by atoms with van der Waals surface area (Å²) in [5.41, 5.74) is 0. The summed E-state index contributed by atoms with van der Waals surface area (Å²) in [5, 5.41) is 0. The van der Waals surface area contributed by atoms with E-state index in [1.807, 2.05) is 13.0 Å². The van der Waals surface area contributed by atoms with Crippen LogP contribution in [0.1, 0.15) is 34.1 Å². The molecule has 0 amide bonds. The second-order valence-corrected chi connectivity index (χ2v) is 3.74. The predicted molar refractivity (Wildman–Crippen MR) is 62.8 cm³/mol. The van der Waals surface area contributed by atoms with Crippen LogP contribution in [0.3, 0.4) is 0 Å². The fourth-order valence-corrected chi connectivity index (χ4v) is 1.32. The minimum Gasteiger partial charge on any atom is -0.463 e. The lowest BCUT2D eigenvalue weighted by Crippen LogP contribution is -2.31. The van der Waals surface area contributed by atoms with Crippen molar-refractivity contribution in [3.63, 3.8) is 0 Å². The van der Waals surface area contributed by atoms with Gasteiger partial charge in [0.2, 0.25) is 0 Å². The molecular formula is C12H23NO2. The number of hydrogen-bond donors (Lipinski definition) is 0. The molecule has 0 aromatic heterocycles. The lowest BCUT2D eigenvalue weighted by molar-refractivity contribution is -0.137. The van der Waals surface area contributed by atoms with Crippen LogP contribution in [0.5, 0.6) is 0 Å².